The van der Waals surface area contributed by atoms with E-state index in [1.807, 2.05) is 30.3 Å². The molecule has 0 unspecified atom stereocenters. The summed E-state index contributed by atoms with van der Waals surface area (Å²) in [6.45, 7) is 2.03. The fraction of sp³-hybridized carbons (Fsp3) is 0.400. The Hall–Kier alpha value is -2.21. The highest BCUT2D eigenvalue weighted by Gasteiger charge is 2.24. The van der Waals surface area contributed by atoms with E-state index in [1.54, 1.807) is 0 Å². The quantitative estimate of drug-likeness (QED) is 0.881. The second-order valence-corrected chi connectivity index (χ2v) is 5.45. The fourth-order valence-corrected chi connectivity index (χ4v) is 2.82. The Labute approximate surface area is 123 Å². The van der Waals surface area contributed by atoms with Gasteiger partial charge in [0, 0.05) is 18.0 Å². The zero-order valence-electron chi connectivity index (χ0n) is 11.8. The van der Waals surface area contributed by atoms with Gasteiger partial charge in [-0.3, -0.25) is 14.8 Å². The highest BCUT2D eigenvalue weighted by Crippen LogP contribution is 2.25. The van der Waals surface area contributed by atoms with Crippen LogP contribution in [0.5, 0.6) is 0 Å². The summed E-state index contributed by atoms with van der Waals surface area (Å²) >= 11 is 0. The lowest BCUT2D eigenvalue weighted by atomic mass is 9.97. The first-order valence-corrected chi connectivity index (χ1v) is 7.21. The Morgan fingerprint density at radius 2 is 2.19 bits per heavy atom. The molecule has 0 bridgehead atoms. The summed E-state index contributed by atoms with van der Waals surface area (Å²) in [5.41, 5.74) is 6.28. The van der Waals surface area contributed by atoms with Crippen molar-refractivity contribution in [2.75, 3.05) is 19.6 Å². The Kier molecular flexibility index (Phi) is 3.96. The van der Waals surface area contributed by atoms with Gasteiger partial charge in [0.2, 0.25) is 5.91 Å². The number of piperidine rings is 1. The maximum atomic E-state index is 11.0. The van der Waals surface area contributed by atoms with E-state index in [-0.39, 0.29) is 11.8 Å². The Morgan fingerprint density at radius 3 is 2.95 bits per heavy atom. The van der Waals surface area contributed by atoms with Crippen molar-refractivity contribution in [2.24, 2.45) is 5.73 Å². The van der Waals surface area contributed by atoms with Crippen LogP contribution >= 0.6 is 0 Å². The molecule has 2 heterocycles. The number of carbonyl (C=O) groups excluding carboxylic acids is 1. The third-order valence-electron chi connectivity index (χ3n) is 3.81. The predicted molar refractivity (Wildman–Crippen MR) is 79.4 cm³/mol. The molecule has 6 heteroatoms. The molecule has 0 saturated carbocycles. The lowest BCUT2D eigenvalue weighted by Gasteiger charge is -2.30. The number of amides is 1. The van der Waals surface area contributed by atoms with Crippen LogP contribution < -0.4 is 5.73 Å². The van der Waals surface area contributed by atoms with E-state index < -0.39 is 0 Å². The number of hydrogen-bond acceptors (Lipinski definition) is 4. The number of hydrogen-bond donors (Lipinski definition) is 2. The number of nitrogens with zero attached hydrogens (tertiary/aromatic N) is 3. The van der Waals surface area contributed by atoms with Gasteiger partial charge < -0.3 is 5.73 Å². The average Bonchev–Trinajstić information content (AvgIpc) is 2.98. The smallest absolute Gasteiger partial charge is 0.231 e. The number of nitrogens with two attached hydrogens (primary N) is 1. The van der Waals surface area contributed by atoms with E-state index in [1.165, 1.54) is 0 Å². The lowest BCUT2D eigenvalue weighted by Crippen LogP contribution is -2.40. The molecule has 21 heavy (non-hydrogen) atoms. The monoisotopic (exact) mass is 285 g/mol. The molecule has 1 aromatic carbocycles. The van der Waals surface area contributed by atoms with Crippen LogP contribution in [0.2, 0.25) is 0 Å². The second kappa shape index (κ2) is 6.05. The summed E-state index contributed by atoms with van der Waals surface area (Å²) in [5, 5.41) is 7.35. The first kappa shape index (κ1) is 13.8. The van der Waals surface area contributed by atoms with E-state index in [2.05, 4.69) is 20.1 Å². The first-order valence-electron chi connectivity index (χ1n) is 7.21. The lowest BCUT2D eigenvalue weighted by molar-refractivity contribution is -0.119. The van der Waals surface area contributed by atoms with Crippen molar-refractivity contribution in [3.63, 3.8) is 0 Å². The Morgan fingerprint density at radius 1 is 1.38 bits per heavy atom. The molecule has 1 fully saturated rings. The van der Waals surface area contributed by atoms with Gasteiger partial charge in [0.05, 0.1) is 6.54 Å². The topological polar surface area (TPSA) is 87.9 Å². The molecule has 110 valence electrons. The van der Waals surface area contributed by atoms with Gasteiger partial charge in [-0.1, -0.05) is 30.3 Å². The Bertz CT molecular complexity index is 610. The molecule has 1 aliphatic rings. The maximum Gasteiger partial charge on any atom is 0.231 e. The minimum Gasteiger partial charge on any atom is -0.369 e. The van der Waals surface area contributed by atoms with Crippen molar-refractivity contribution in [3.05, 3.63) is 36.2 Å². The maximum absolute atomic E-state index is 11.0. The number of aromatic amines is 1. The van der Waals surface area contributed by atoms with Crippen molar-refractivity contribution >= 4 is 5.91 Å². The van der Waals surface area contributed by atoms with Crippen molar-refractivity contribution in [3.8, 4) is 11.4 Å². The summed E-state index contributed by atoms with van der Waals surface area (Å²) in [5.74, 6) is 1.61. The average molecular weight is 285 g/mol. The van der Waals surface area contributed by atoms with Crippen molar-refractivity contribution in [2.45, 2.75) is 18.8 Å². The normalized spacial score (nSPS) is 19.5. The molecule has 6 nitrogen and oxygen atoms in total. The highest BCUT2D eigenvalue weighted by atomic mass is 16.1. The number of carbonyl (C=O) groups is 1. The fourth-order valence-electron chi connectivity index (χ4n) is 2.82. The van der Waals surface area contributed by atoms with Gasteiger partial charge in [0.15, 0.2) is 5.82 Å². The number of primary amides is 1. The molecule has 1 atom stereocenters. The predicted octanol–water partition coefficient (Wildman–Crippen LogP) is 1.14. The van der Waals surface area contributed by atoms with E-state index >= 15 is 0 Å². The van der Waals surface area contributed by atoms with Gasteiger partial charge in [-0.15, -0.1) is 0 Å². The van der Waals surface area contributed by atoms with Crippen molar-refractivity contribution < 1.29 is 4.79 Å². The minimum absolute atomic E-state index is 0.279. The number of likely N-dealkylation sites (tertiary alicyclic amines) is 1. The zero-order valence-corrected chi connectivity index (χ0v) is 11.8. The van der Waals surface area contributed by atoms with Crippen LogP contribution in [-0.4, -0.2) is 45.6 Å². The SMILES string of the molecule is NC(=O)CN1CCC[C@@H](c2nc(-c3ccccc3)n[nH]2)C1. The Balaban J connectivity index is 1.72. The summed E-state index contributed by atoms with van der Waals surface area (Å²) in [6.07, 6.45) is 2.10. The zero-order chi connectivity index (χ0) is 14.7. The van der Waals surface area contributed by atoms with Crippen LogP contribution in [0.15, 0.2) is 30.3 Å². The molecular formula is C15H19N5O. The first-order chi connectivity index (χ1) is 10.2. The molecule has 2 aromatic rings. The van der Waals surface area contributed by atoms with E-state index in [4.69, 9.17) is 5.73 Å². The van der Waals surface area contributed by atoms with Crippen LogP contribution in [-0.2, 0) is 4.79 Å². The third kappa shape index (κ3) is 3.28. The van der Waals surface area contributed by atoms with Crippen molar-refractivity contribution in [1.82, 2.24) is 20.1 Å². The summed E-state index contributed by atoms with van der Waals surface area (Å²) in [7, 11) is 0. The van der Waals surface area contributed by atoms with Gasteiger partial charge in [0.25, 0.3) is 0 Å². The van der Waals surface area contributed by atoms with Gasteiger partial charge in [-0.05, 0) is 19.4 Å². The molecule has 0 radical (unpaired) electrons. The van der Waals surface area contributed by atoms with E-state index in [0.717, 1.165) is 43.1 Å². The molecule has 1 amide bonds. The summed E-state index contributed by atoms with van der Waals surface area (Å²) < 4.78 is 0. The number of nitrogens with one attached hydrogen (secondary N) is 1. The minimum atomic E-state index is -0.279. The molecule has 3 rings (SSSR count). The van der Waals surface area contributed by atoms with Crippen LogP contribution in [0.25, 0.3) is 11.4 Å². The molecule has 1 aliphatic heterocycles. The van der Waals surface area contributed by atoms with Gasteiger partial charge >= 0.3 is 0 Å². The van der Waals surface area contributed by atoms with E-state index in [0.29, 0.717) is 6.54 Å². The number of aromatic nitrogens is 3. The number of rotatable bonds is 4. The number of benzene rings is 1. The van der Waals surface area contributed by atoms with Crippen LogP contribution in [0, 0.1) is 0 Å². The molecule has 1 saturated heterocycles. The second-order valence-electron chi connectivity index (χ2n) is 5.45. The van der Waals surface area contributed by atoms with E-state index in [9.17, 15) is 4.79 Å². The largest absolute Gasteiger partial charge is 0.369 e. The third-order valence-corrected chi connectivity index (χ3v) is 3.81. The van der Waals surface area contributed by atoms with Gasteiger partial charge in [-0.25, -0.2) is 4.98 Å². The molecule has 3 N–H and O–H groups in total. The van der Waals surface area contributed by atoms with Crippen LogP contribution in [0.1, 0.15) is 24.6 Å². The summed E-state index contributed by atoms with van der Waals surface area (Å²) in [6, 6.07) is 9.90. The standard InChI is InChI=1S/C15H19N5O/c16-13(21)10-20-8-4-7-12(9-20)15-17-14(18-19-15)11-5-2-1-3-6-11/h1-3,5-6,12H,4,7-10H2,(H2,16,21)(H,17,18,19)/t12-/m1/s1. The summed E-state index contributed by atoms with van der Waals surface area (Å²) in [4.78, 5) is 17.7. The molecule has 0 aliphatic carbocycles. The van der Waals surface area contributed by atoms with Crippen LogP contribution in [0.3, 0.4) is 0 Å². The molecular weight excluding hydrogens is 266 g/mol. The highest BCUT2D eigenvalue weighted by molar-refractivity contribution is 5.75. The molecule has 0 spiro atoms. The van der Waals surface area contributed by atoms with Crippen molar-refractivity contribution in [1.29, 1.82) is 0 Å². The van der Waals surface area contributed by atoms with Crippen LogP contribution in [0.4, 0.5) is 0 Å². The van der Waals surface area contributed by atoms with Gasteiger partial charge in [0.1, 0.15) is 5.82 Å². The molecule has 1 aromatic heterocycles. The van der Waals surface area contributed by atoms with Gasteiger partial charge in [-0.2, -0.15) is 5.10 Å². The number of H-pyrrole nitrogens is 1.